The van der Waals surface area contributed by atoms with Crippen LogP contribution in [0.5, 0.6) is 0 Å². The second-order valence-electron chi connectivity index (χ2n) is 6.13. The Morgan fingerprint density at radius 2 is 1.71 bits per heavy atom. The number of furan rings is 1. The van der Waals surface area contributed by atoms with Gasteiger partial charge in [-0.05, 0) is 49.4 Å². The van der Waals surface area contributed by atoms with E-state index >= 15 is 0 Å². The molecule has 0 bridgehead atoms. The zero-order chi connectivity index (χ0) is 20.0. The molecule has 1 amide bonds. The van der Waals surface area contributed by atoms with Gasteiger partial charge in [0.1, 0.15) is 11.5 Å². The van der Waals surface area contributed by atoms with Gasteiger partial charge in [0.05, 0.1) is 11.4 Å². The molecule has 0 aliphatic heterocycles. The summed E-state index contributed by atoms with van der Waals surface area (Å²) in [6.45, 7) is 1.99. The van der Waals surface area contributed by atoms with Crippen LogP contribution in [0.3, 0.4) is 0 Å². The lowest BCUT2D eigenvalue weighted by atomic mass is 10.2. The van der Waals surface area contributed by atoms with Crippen molar-refractivity contribution in [3.05, 3.63) is 89.9 Å². The third kappa shape index (κ3) is 5.42. The van der Waals surface area contributed by atoms with Crippen molar-refractivity contribution in [2.24, 2.45) is 0 Å². The molecular formula is C21H20N2O4S. The van der Waals surface area contributed by atoms with E-state index in [2.05, 4.69) is 10.0 Å². The van der Waals surface area contributed by atoms with E-state index in [-0.39, 0.29) is 17.3 Å². The third-order valence-corrected chi connectivity index (χ3v) is 5.31. The number of sulfonamides is 1. The van der Waals surface area contributed by atoms with Crippen LogP contribution >= 0.6 is 0 Å². The summed E-state index contributed by atoms with van der Waals surface area (Å²) >= 11 is 0. The molecule has 2 N–H and O–H groups in total. The first-order chi connectivity index (χ1) is 13.4. The van der Waals surface area contributed by atoms with Crippen LogP contribution < -0.4 is 10.0 Å². The van der Waals surface area contributed by atoms with Gasteiger partial charge in [-0.2, -0.15) is 0 Å². The first kappa shape index (κ1) is 19.6. The highest BCUT2D eigenvalue weighted by Gasteiger charge is 2.13. The van der Waals surface area contributed by atoms with E-state index in [1.54, 1.807) is 30.3 Å². The first-order valence-electron chi connectivity index (χ1n) is 8.61. The highest BCUT2D eigenvalue weighted by molar-refractivity contribution is 7.89. The summed E-state index contributed by atoms with van der Waals surface area (Å²) in [5.41, 5.74) is 1.82. The maximum Gasteiger partial charge on any atom is 0.248 e. The molecule has 0 saturated carbocycles. The van der Waals surface area contributed by atoms with Crippen molar-refractivity contribution in [1.29, 1.82) is 0 Å². The fourth-order valence-corrected chi connectivity index (χ4v) is 3.42. The van der Waals surface area contributed by atoms with Crippen LogP contribution in [-0.4, -0.2) is 14.3 Å². The van der Waals surface area contributed by atoms with E-state index in [1.807, 2.05) is 31.2 Å². The Labute approximate surface area is 163 Å². The zero-order valence-corrected chi connectivity index (χ0v) is 16.1. The highest BCUT2D eigenvalue weighted by atomic mass is 32.2. The van der Waals surface area contributed by atoms with Gasteiger partial charge in [0, 0.05) is 11.8 Å². The van der Waals surface area contributed by atoms with Crippen LogP contribution in [0, 0.1) is 6.92 Å². The molecule has 28 heavy (non-hydrogen) atoms. The van der Waals surface area contributed by atoms with Crippen LogP contribution in [-0.2, 0) is 21.4 Å². The summed E-state index contributed by atoms with van der Waals surface area (Å²) in [5.74, 6) is 0.609. The Kier molecular flexibility index (Phi) is 6.08. The molecule has 3 rings (SSSR count). The minimum atomic E-state index is -3.60. The topological polar surface area (TPSA) is 88.4 Å². The molecule has 0 spiro atoms. The second-order valence-corrected chi connectivity index (χ2v) is 7.90. The predicted octanol–water partition coefficient (Wildman–Crippen LogP) is 3.72. The fourth-order valence-electron chi connectivity index (χ4n) is 2.41. The molecule has 2 aromatic carbocycles. The van der Waals surface area contributed by atoms with E-state index in [0.29, 0.717) is 17.2 Å². The van der Waals surface area contributed by atoms with Gasteiger partial charge in [-0.25, -0.2) is 13.1 Å². The molecule has 0 saturated heterocycles. The van der Waals surface area contributed by atoms with Crippen molar-refractivity contribution >= 4 is 27.7 Å². The van der Waals surface area contributed by atoms with E-state index in [4.69, 9.17) is 4.42 Å². The minimum Gasteiger partial charge on any atom is -0.460 e. The van der Waals surface area contributed by atoms with Gasteiger partial charge in [0.15, 0.2) is 0 Å². The van der Waals surface area contributed by atoms with Crippen LogP contribution in [0.2, 0.25) is 0 Å². The molecule has 1 aromatic heterocycles. The van der Waals surface area contributed by atoms with Gasteiger partial charge in [-0.3, -0.25) is 4.79 Å². The number of hydrogen-bond donors (Lipinski definition) is 2. The molecule has 144 valence electrons. The SMILES string of the molecule is Cc1ccc(NC(=O)C=Cc2ccc(CNS(=O)(=O)c3ccccc3)o2)cc1. The highest BCUT2D eigenvalue weighted by Crippen LogP contribution is 2.13. The Morgan fingerprint density at radius 1 is 1.00 bits per heavy atom. The Bertz CT molecular complexity index is 1070. The molecule has 0 aliphatic rings. The Balaban J connectivity index is 1.55. The first-order valence-corrected chi connectivity index (χ1v) is 10.1. The number of carbonyl (C=O) groups is 1. The van der Waals surface area contributed by atoms with Gasteiger partial charge in [-0.15, -0.1) is 0 Å². The van der Waals surface area contributed by atoms with Gasteiger partial charge >= 0.3 is 0 Å². The number of nitrogens with one attached hydrogen (secondary N) is 2. The normalized spacial score (nSPS) is 11.6. The van der Waals surface area contributed by atoms with Crippen LogP contribution in [0.1, 0.15) is 17.1 Å². The maximum atomic E-state index is 12.2. The molecule has 1 heterocycles. The summed E-state index contributed by atoms with van der Waals surface area (Å²) in [7, 11) is -3.60. The van der Waals surface area contributed by atoms with Crippen molar-refractivity contribution in [3.8, 4) is 0 Å². The van der Waals surface area contributed by atoms with Gasteiger partial charge in [-0.1, -0.05) is 35.9 Å². The average molecular weight is 396 g/mol. The van der Waals surface area contributed by atoms with Crippen molar-refractivity contribution < 1.29 is 17.6 Å². The van der Waals surface area contributed by atoms with Crippen molar-refractivity contribution in [2.45, 2.75) is 18.4 Å². The number of rotatable bonds is 7. The molecule has 3 aromatic rings. The van der Waals surface area contributed by atoms with Gasteiger partial charge in [0.25, 0.3) is 0 Å². The summed E-state index contributed by atoms with van der Waals surface area (Å²) in [6.07, 6.45) is 2.88. The number of anilines is 1. The smallest absolute Gasteiger partial charge is 0.248 e. The van der Waals surface area contributed by atoms with Gasteiger partial charge in [0.2, 0.25) is 15.9 Å². The maximum absolute atomic E-state index is 12.2. The van der Waals surface area contributed by atoms with Crippen molar-refractivity contribution in [3.63, 3.8) is 0 Å². The summed E-state index contributed by atoms with van der Waals surface area (Å²) < 4.78 is 32.4. The van der Waals surface area contributed by atoms with E-state index in [0.717, 1.165) is 5.56 Å². The largest absolute Gasteiger partial charge is 0.460 e. The standard InChI is InChI=1S/C21H20N2O4S/c1-16-7-9-17(10-8-16)23-21(24)14-13-18-11-12-19(27-18)15-22-28(25,26)20-5-3-2-4-6-20/h2-14,22H,15H2,1H3,(H,23,24). The molecule has 0 unspecified atom stereocenters. The minimum absolute atomic E-state index is 0.0145. The molecular weight excluding hydrogens is 376 g/mol. The summed E-state index contributed by atoms with van der Waals surface area (Å²) in [5, 5.41) is 2.75. The predicted molar refractivity (Wildman–Crippen MR) is 108 cm³/mol. The third-order valence-electron chi connectivity index (χ3n) is 3.89. The van der Waals surface area contributed by atoms with E-state index in [1.165, 1.54) is 24.3 Å². The molecule has 0 radical (unpaired) electrons. The number of amides is 1. The molecule has 6 nitrogen and oxygen atoms in total. The quantitative estimate of drug-likeness (QED) is 0.596. The summed E-state index contributed by atoms with van der Waals surface area (Å²) in [4.78, 5) is 12.1. The number of hydrogen-bond acceptors (Lipinski definition) is 4. The second kappa shape index (κ2) is 8.69. The van der Waals surface area contributed by atoms with Crippen molar-refractivity contribution in [2.75, 3.05) is 5.32 Å². The monoisotopic (exact) mass is 396 g/mol. The lowest BCUT2D eigenvalue weighted by Gasteiger charge is -2.04. The fraction of sp³-hybridized carbons (Fsp3) is 0.0952. The molecule has 0 fully saturated rings. The van der Waals surface area contributed by atoms with Crippen LogP contribution in [0.4, 0.5) is 5.69 Å². The van der Waals surface area contributed by atoms with Crippen LogP contribution in [0.25, 0.3) is 6.08 Å². The summed E-state index contributed by atoms with van der Waals surface area (Å²) in [6, 6.07) is 18.9. The number of aryl methyl sites for hydroxylation is 1. The lowest BCUT2D eigenvalue weighted by molar-refractivity contribution is -0.111. The molecule has 7 heteroatoms. The zero-order valence-electron chi connectivity index (χ0n) is 15.3. The number of carbonyl (C=O) groups excluding carboxylic acids is 1. The molecule has 0 aliphatic carbocycles. The molecule has 0 atom stereocenters. The Hall–Kier alpha value is -3.16. The van der Waals surface area contributed by atoms with E-state index in [9.17, 15) is 13.2 Å². The van der Waals surface area contributed by atoms with Crippen molar-refractivity contribution in [1.82, 2.24) is 4.72 Å². The van der Waals surface area contributed by atoms with E-state index < -0.39 is 10.0 Å². The van der Waals surface area contributed by atoms with Gasteiger partial charge < -0.3 is 9.73 Å². The average Bonchev–Trinajstić information content (AvgIpc) is 3.15. The van der Waals surface area contributed by atoms with Crippen LogP contribution in [0.15, 0.2) is 82.1 Å². The lowest BCUT2D eigenvalue weighted by Crippen LogP contribution is -2.22. The Morgan fingerprint density at radius 3 is 2.43 bits per heavy atom. The number of benzene rings is 2.